The van der Waals surface area contributed by atoms with E-state index >= 15 is 0 Å². The second kappa shape index (κ2) is 20.6. The summed E-state index contributed by atoms with van der Waals surface area (Å²) in [6.07, 6.45) is 0. The van der Waals surface area contributed by atoms with Gasteiger partial charge in [-0.15, -0.1) is 0 Å². The summed E-state index contributed by atoms with van der Waals surface area (Å²) < 4.78 is 8.25. The molecule has 18 valence electrons. The molecule has 0 amide bonds. The Balaban J connectivity index is -0.00000000167. The van der Waals surface area contributed by atoms with Crippen molar-refractivity contribution in [3.8, 4) is 0 Å². The second-order valence-electron chi connectivity index (χ2n) is 0. The Hall–Kier alpha value is 1.90. The van der Waals surface area contributed by atoms with E-state index in [0.717, 1.165) is 20.4 Å². The van der Waals surface area contributed by atoms with Crippen molar-refractivity contribution in [2.75, 3.05) is 0 Å². The summed E-state index contributed by atoms with van der Waals surface area (Å²) >= 11 is 0.750. The first-order valence-electron chi connectivity index (χ1n) is 0.204. The minimum absolute atomic E-state index is 0. The third-order valence-electron chi connectivity index (χ3n) is 0. The molecule has 0 aromatic heterocycles. The molecule has 4 heavy (non-hydrogen) atoms. The predicted octanol–water partition coefficient (Wildman–Crippen LogP) is -3.39. The largest absolute Gasteiger partial charge is 0 e. The van der Waals surface area contributed by atoms with Crippen molar-refractivity contribution < 1.29 is 44.0 Å². The first kappa shape index (κ1) is 16.8. The molecule has 0 aliphatic carbocycles. The van der Waals surface area contributed by atoms with Crippen LogP contribution in [0.4, 0.5) is 0 Å². The molecule has 0 bridgehead atoms. The molecule has 4 heteroatoms. The van der Waals surface area contributed by atoms with Crippen molar-refractivity contribution in [1.82, 2.24) is 0 Å². The molecule has 0 aliphatic rings. The van der Waals surface area contributed by atoms with E-state index in [-0.39, 0.29) is 44.0 Å². The minimum atomic E-state index is 0. The van der Waals surface area contributed by atoms with Crippen molar-refractivity contribution in [2.45, 2.75) is 0 Å². The van der Waals surface area contributed by atoms with Crippen LogP contribution in [0.5, 0.6) is 0 Å². The standard InChI is InChI=1S/Li.O.Te.Ti.H/q+1;;;;-1. The van der Waals surface area contributed by atoms with E-state index in [2.05, 4.69) is 0 Å². The van der Waals surface area contributed by atoms with Crippen LogP contribution < -0.4 is 18.9 Å². The second-order valence-corrected chi connectivity index (χ2v) is 0. The molecule has 2 radical (unpaired) electrons. The van der Waals surface area contributed by atoms with Crippen LogP contribution >= 0.6 is 0 Å². The number of hydrogen-bond donors (Lipinski definition) is 0. The first-order chi connectivity index (χ1) is 1.00. The number of rotatable bonds is 0. The fourth-order valence-electron chi connectivity index (χ4n) is 0. The molecule has 0 saturated carbocycles. The molecule has 0 heterocycles. The van der Waals surface area contributed by atoms with Crippen molar-refractivity contribution in [3.05, 3.63) is 0 Å². The van der Waals surface area contributed by atoms with E-state index in [1.165, 1.54) is 0 Å². The Morgan fingerprint density at radius 1 is 1.50 bits per heavy atom. The van der Waals surface area contributed by atoms with Gasteiger partial charge in [0, 0.05) is 23.7 Å². The number of hydrogen-bond acceptors (Lipinski definition) is 1. The fraction of sp³-hybridized carbons (Fsp3) is 0. The topological polar surface area (TPSA) is 17.1 Å². The smallest absolute Gasteiger partial charge is 0 e. The molecule has 0 atom stereocenters. The first-order valence-corrected chi connectivity index (χ1v) is 0.842. The van der Waals surface area contributed by atoms with E-state index in [1.807, 2.05) is 0 Å². The summed E-state index contributed by atoms with van der Waals surface area (Å²) in [5.41, 5.74) is 0. The molecule has 0 spiro atoms. The van der Waals surface area contributed by atoms with Gasteiger partial charge in [0.25, 0.3) is 0 Å². The van der Waals surface area contributed by atoms with Gasteiger partial charge in [-0.1, -0.05) is 0 Å². The zero-order valence-corrected chi connectivity index (χ0v) is 6.21. The van der Waals surface area contributed by atoms with E-state index in [4.69, 9.17) is 3.32 Å². The summed E-state index contributed by atoms with van der Waals surface area (Å²) in [6.45, 7) is 0. The van der Waals surface area contributed by atoms with Crippen LogP contribution in [-0.4, -0.2) is 23.7 Å². The van der Waals surface area contributed by atoms with Crippen LogP contribution in [0.1, 0.15) is 1.43 Å². The van der Waals surface area contributed by atoms with E-state index in [1.54, 1.807) is 0 Å². The van der Waals surface area contributed by atoms with Gasteiger partial charge < -0.3 is 1.43 Å². The maximum Gasteiger partial charge on any atom is 0 e. The van der Waals surface area contributed by atoms with Gasteiger partial charge in [0.15, 0.2) is 0 Å². The quantitative estimate of drug-likeness (QED) is 0.372. The molecule has 0 aliphatic heterocycles. The van der Waals surface area contributed by atoms with E-state index in [0.29, 0.717) is 0 Å². The molecule has 0 fully saturated rings. The van der Waals surface area contributed by atoms with Crippen molar-refractivity contribution in [1.29, 1.82) is 0 Å². The molecule has 0 rings (SSSR count). The molecule has 0 aromatic rings. The Bertz CT molecular complexity index is 11.6. The van der Waals surface area contributed by atoms with E-state index in [9.17, 15) is 0 Å². The molecule has 0 N–H and O–H groups in total. The van der Waals surface area contributed by atoms with Crippen molar-refractivity contribution in [3.63, 3.8) is 0 Å². The zero-order chi connectivity index (χ0) is 2.00. The third kappa shape index (κ3) is 9.08. The molecular formula is HLiOTeTi. The average molecular weight is 199 g/mol. The zero-order valence-electron chi connectivity index (χ0n) is 3.32. The maximum absolute atomic E-state index is 8.25. The van der Waals surface area contributed by atoms with Gasteiger partial charge in [-0.25, -0.2) is 0 Å². The molecule has 0 saturated heterocycles. The summed E-state index contributed by atoms with van der Waals surface area (Å²) in [5.74, 6) is 0. The summed E-state index contributed by atoms with van der Waals surface area (Å²) in [6, 6.07) is 0. The maximum atomic E-state index is 8.25. The molecule has 0 aromatic carbocycles. The van der Waals surface area contributed by atoms with Crippen LogP contribution in [0.15, 0.2) is 0 Å². The van der Waals surface area contributed by atoms with Gasteiger partial charge in [-0.05, 0) is 0 Å². The summed E-state index contributed by atoms with van der Waals surface area (Å²) in [5, 5.41) is 0. The average Bonchev–Trinajstić information content (AvgIpc) is 1.00. The Labute approximate surface area is 67.0 Å². The third-order valence-corrected chi connectivity index (χ3v) is 0. The fourth-order valence-corrected chi connectivity index (χ4v) is 0. The Kier molecular flexibility index (Phi) is 86.9. The predicted molar refractivity (Wildman–Crippen MR) is 7.55 cm³/mol. The van der Waals surface area contributed by atoms with E-state index < -0.39 is 0 Å². The van der Waals surface area contributed by atoms with Crippen LogP contribution in [-0.2, 0) is 23.7 Å². The Morgan fingerprint density at radius 3 is 1.50 bits per heavy atom. The van der Waals surface area contributed by atoms with Crippen LogP contribution in [0.2, 0.25) is 0 Å². The molecule has 1 nitrogen and oxygen atoms in total. The van der Waals surface area contributed by atoms with Crippen molar-refractivity contribution >= 4 is 23.7 Å². The monoisotopic (exact) mass is 202 g/mol. The Morgan fingerprint density at radius 2 is 1.50 bits per heavy atom. The van der Waals surface area contributed by atoms with Crippen molar-refractivity contribution in [2.24, 2.45) is 0 Å². The minimum Gasteiger partial charge on any atom is 0 e. The van der Waals surface area contributed by atoms with Crippen LogP contribution in [0, 0.1) is 0 Å². The SMILES string of the molecule is [H-].[Li+].[O]=[Ti].[Te]. The molecule has 0 unspecified atom stereocenters. The van der Waals surface area contributed by atoms with Crippen LogP contribution in [0.25, 0.3) is 0 Å². The summed E-state index contributed by atoms with van der Waals surface area (Å²) in [4.78, 5) is 0. The van der Waals surface area contributed by atoms with Gasteiger partial charge in [-0.2, -0.15) is 0 Å². The van der Waals surface area contributed by atoms with Gasteiger partial charge in [0.2, 0.25) is 0 Å². The molecular weight excluding hydrogens is 198 g/mol. The summed E-state index contributed by atoms with van der Waals surface area (Å²) in [7, 11) is 0. The van der Waals surface area contributed by atoms with Gasteiger partial charge in [-0.3, -0.25) is 0 Å². The van der Waals surface area contributed by atoms with Gasteiger partial charge >= 0.3 is 42.6 Å². The normalized spacial score (nSPS) is 0.750. The van der Waals surface area contributed by atoms with Gasteiger partial charge in [0.05, 0.1) is 0 Å². The van der Waals surface area contributed by atoms with Gasteiger partial charge in [0.1, 0.15) is 0 Å². The van der Waals surface area contributed by atoms with Crippen LogP contribution in [0.3, 0.4) is 0 Å².